The number of rotatable bonds is 5. The molecule has 0 aromatic carbocycles. The topological polar surface area (TPSA) is 101 Å². The van der Waals surface area contributed by atoms with Crippen molar-refractivity contribution in [3.63, 3.8) is 0 Å². The second-order valence-corrected chi connectivity index (χ2v) is 5.50. The van der Waals surface area contributed by atoms with Crippen molar-refractivity contribution in [3.05, 3.63) is 39.3 Å². The molecule has 0 atom stereocenters. The van der Waals surface area contributed by atoms with E-state index in [1.165, 1.54) is 7.11 Å². The first-order valence-electron chi connectivity index (χ1n) is 6.46. The van der Waals surface area contributed by atoms with Gasteiger partial charge in [-0.3, -0.25) is 9.59 Å². The molecule has 22 heavy (non-hydrogen) atoms. The SMILES string of the molecule is C=CCNC(=O)Cc1c(C(=O)OC)sc2nc(C)[nH]c(=O)c12. The number of aryl methyl sites for hydroxylation is 1. The van der Waals surface area contributed by atoms with Crippen molar-refractivity contribution in [2.45, 2.75) is 13.3 Å². The summed E-state index contributed by atoms with van der Waals surface area (Å²) in [6.45, 7) is 5.47. The molecule has 8 heteroatoms. The van der Waals surface area contributed by atoms with E-state index in [-0.39, 0.29) is 28.2 Å². The number of thiophene rings is 1. The molecule has 0 saturated carbocycles. The molecule has 2 rings (SSSR count). The highest BCUT2D eigenvalue weighted by atomic mass is 32.1. The van der Waals surface area contributed by atoms with Crippen molar-refractivity contribution in [3.8, 4) is 0 Å². The standard InChI is InChI=1S/C14H15N3O4S/c1-4-5-15-9(18)6-8-10-12(19)16-7(2)17-13(10)22-11(8)14(20)21-3/h4H,1,5-6H2,2-3H3,(H,15,18)(H,16,17,19). The Morgan fingerprint density at radius 2 is 2.23 bits per heavy atom. The van der Waals surface area contributed by atoms with Crippen LogP contribution in [0.2, 0.25) is 0 Å². The maximum Gasteiger partial charge on any atom is 0.348 e. The van der Waals surface area contributed by atoms with Gasteiger partial charge in [0.05, 0.1) is 18.9 Å². The second kappa shape index (κ2) is 6.52. The summed E-state index contributed by atoms with van der Waals surface area (Å²) in [6.07, 6.45) is 1.44. The average Bonchev–Trinajstić information content (AvgIpc) is 2.82. The third-order valence-corrected chi connectivity index (χ3v) is 4.04. The lowest BCUT2D eigenvalue weighted by Crippen LogP contribution is -2.26. The Morgan fingerprint density at radius 1 is 1.50 bits per heavy atom. The normalized spacial score (nSPS) is 10.5. The van der Waals surface area contributed by atoms with Crippen LogP contribution < -0.4 is 10.9 Å². The number of methoxy groups -OCH3 is 1. The molecule has 2 N–H and O–H groups in total. The van der Waals surface area contributed by atoms with Crippen molar-refractivity contribution in [2.75, 3.05) is 13.7 Å². The molecular formula is C14H15N3O4S. The van der Waals surface area contributed by atoms with Crippen LogP contribution in [0.3, 0.4) is 0 Å². The van der Waals surface area contributed by atoms with Gasteiger partial charge in [0.15, 0.2) is 0 Å². The van der Waals surface area contributed by atoms with Gasteiger partial charge in [-0.2, -0.15) is 0 Å². The van der Waals surface area contributed by atoms with E-state index >= 15 is 0 Å². The van der Waals surface area contributed by atoms with Gasteiger partial charge in [0.1, 0.15) is 15.5 Å². The molecule has 2 aromatic heterocycles. The van der Waals surface area contributed by atoms with Gasteiger partial charge in [0.2, 0.25) is 5.91 Å². The Morgan fingerprint density at radius 3 is 2.86 bits per heavy atom. The molecule has 2 aromatic rings. The number of hydrogen-bond acceptors (Lipinski definition) is 6. The molecule has 0 aliphatic carbocycles. The van der Waals surface area contributed by atoms with E-state index in [9.17, 15) is 14.4 Å². The minimum Gasteiger partial charge on any atom is -0.465 e. The smallest absolute Gasteiger partial charge is 0.348 e. The van der Waals surface area contributed by atoms with Crippen LogP contribution in [0.25, 0.3) is 10.2 Å². The molecule has 0 fully saturated rings. The minimum absolute atomic E-state index is 0.105. The monoisotopic (exact) mass is 321 g/mol. The lowest BCUT2D eigenvalue weighted by atomic mass is 10.1. The Hall–Kier alpha value is -2.48. The summed E-state index contributed by atoms with van der Waals surface area (Å²) in [6, 6.07) is 0. The number of aromatic nitrogens is 2. The number of nitrogens with one attached hydrogen (secondary N) is 2. The number of aromatic amines is 1. The lowest BCUT2D eigenvalue weighted by Gasteiger charge is -2.04. The molecule has 0 radical (unpaired) electrons. The van der Waals surface area contributed by atoms with E-state index in [0.29, 0.717) is 22.8 Å². The zero-order chi connectivity index (χ0) is 16.3. The quantitative estimate of drug-likeness (QED) is 0.630. The van der Waals surface area contributed by atoms with E-state index in [2.05, 4.69) is 21.9 Å². The number of nitrogens with zero attached hydrogens (tertiary/aromatic N) is 1. The van der Waals surface area contributed by atoms with Crippen LogP contribution in [0.1, 0.15) is 21.1 Å². The van der Waals surface area contributed by atoms with Crippen molar-refractivity contribution in [2.24, 2.45) is 0 Å². The van der Waals surface area contributed by atoms with E-state index in [4.69, 9.17) is 4.74 Å². The minimum atomic E-state index is -0.591. The van der Waals surface area contributed by atoms with Gasteiger partial charge in [-0.05, 0) is 6.92 Å². The molecular weight excluding hydrogens is 306 g/mol. The van der Waals surface area contributed by atoms with Crippen LogP contribution in [0.4, 0.5) is 0 Å². The highest BCUT2D eigenvalue weighted by molar-refractivity contribution is 7.20. The average molecular weight is 321 g/mol. The fourth-order valence-corrected chi connectivity index (χ4v) is 3.17. The zero-order valence-electron chi connectivity index (χ0n) is 12.2. The van der Waals surface area contributed by atoms with Crippen LogP contribution in [0.5, 0.6) is 0 Å². The van der Waals surface area contributed by atoms with Gasteiger partial charge >= 0.3 is 5.97 Å². The van der Waals surface area contributed by atoms with Crippen molar-refractivity contribution in [1.82, 2.24) is 15.3 Å². The number of esters is 1. The van der Waals surface area contributed by atoms with Gasteiger partial charge < -0.3 is 15.0 Å². The summed E-state index contributed by atoms with van der Waals surface area (Å²) < 4.78 is 4.72. The number of hydrogen-bond donors (Lipinski definition) is 2. The van der Waals surface area contributed by atoms with Gasteiger partial charge in [-0.15, -0.1) is 17.9 Å². The van der Waals surface area contributed by atoms with E-state index in [0.717, 1.165) is 11.3 Å². The first-order valence-corrected chi connectivity index (χ1v) is 7.27. The molecule has 116 valence electrons. The summed E-state index contributed by atoms with van der Waals surface area (Å²) in [7, 11) is 1.25. The molecule has 0 aliphatic rings. The number of carbonyl (C=O) groups is 2. The maximum absolute atomic E-state index is 12.2. The number of ether oxygens (including phenoxy) is 1. The van der Waals surface area contributed by atoms with Crippen LogP contribution in [0.15, 0.2) is 17.4 Å². The number of amides is 1. The van der Waals surface area contributed by atoms with E-state index < -0.39 is 5.97 Å². The van der Waals surface area contributed by atoms with Crippen LogP contribution >= 0.6 is 11.3 Å². The third-order valence-electron chi connectivity index (χ3n) is 2.93. The molecule has 0 spiro atoms. The zero-order valence-corrected chi connectivity index (χ0v) is 13.0. The third kappa shape index (κ3) is 3.06. The fourth-order valence-electron chi connectivity index (χ4n) is 2.01. The van der Waals surface area contributed by atoms with E-state index in [1.54, 1.807) is 13.0 Å². The van der Waals surface area contributed by atoms with Crippen LogP contribution in [-0.2, 0) is 16.0 Å². The van der Waals surface area contributed by atoms with Gasteiger partial charge in [-0.25, -0.2) is 9.78 Å². The van der Waals surface area contributed by atoms with E-state index in [1.807, 2.05) is 0 Å². The lowest BCUT2D eigenvalue weighted by molar-refractivity contribution is -0.120. The molecule has 0 saturated heterocycles. The summed E-state index contributed by atoms with van der Waals surface area (Å²) in [4.78, 5) is 43.4. The predicted octanol–water partition coefficient (Wildman–Crippen LogP) is 0.924. The van der Waals surface area contributed by atoms with Crippen LogP contribution in [0, 0.1) is 6.92 Å². The van der Waals surface area contributed by atoms with Crippen molar-refractivity contribution < 1.29 is 14.3 Å². The highest BCUT2D eigenvalue weighted by Crippen LogP contribution is 2.28. The maximum atomic E-state index is 12.2. The summed E-state index contributed by atoms with van der Waals surface area (Å²) in [5, 5.41) is 2.87. The molecule has 0 unspecified atom stereocenters. The summed E-state index contributed by atoms with van der Waals surface area (Å²) >= 11 is 1.04. The van der Waals surface area contributed by atoms with Gasteiger partial charge in [0.25, 0.3) is 5.56 Å². The van der Waals surface area contributed by atoms with Gasteiger partial charge in [0, 0.05) is 12.1 Å². The van der Waals surface area contributed by atoms with Crippen molar-refractivity contribution in [1.29, 1.82) is 0 Å². The first-order chi connectivity index (χ1) is 10.5. The summed E-state index contributed by atoms with van der Waals surface area (Å²) in [5.41, 5.74) is -0.0393. The molecule has 7 nitrogen and oxygen atoms in total. The van der Waals surface area contributed by atoms with Gasteiger partial charge in [-0.1, -0.05) is 6.08 Å². The summed E-state index contributed by atoms with van der Waals surface area (Å²) in [5.74, 6) is -0.464. The molecule has 0 bridgehead atoms. The fraction of sp³-hybridized carbons (Fsp3) is 0.286. The van der Waals surface area contributed by atoms with Crippen molar-refractivity contribution >= 4 is 33.4 Å². The molecule has 1 amide bonds. The number of carbonyl (C=O) groups excluding carboxylic acids is 2. The largest absolute Gasteiger partial charge is 0.465 e. The first kappa shape index (κ1) is 15.9. The highest BCUT2D eigenvalue weighted by Gasteiger charge is 2.23. The Bertz CT molecular complexity index is 806. The number of H-pyrrole nitrogens is 1. The predicted molar refractivity (Wildman–Crippen MR) is 83.2 cm³/mol. The second-order valence-electron chi connectivity index (χ2n) is 4.50. The molecule has 0 aliphatic heterocycles. The Labute approximate surface area is 130 Å². The number of fused-ring (bicyclic) bond motifs is 1. The Kier molecular flexibility index (Phi) is 4.71. The molecule has 2 heterocycles. The Balaban J connectivity index is 2.57. The van der Waals surface area contributed by atoms with Crippen LogP contribution in [-0.4, -0.2) is 35.5 Å².